The first-order valence-electron chi connectivity index (χ1n) is 9.63. The molecule has 6 heteroatoms. The summed E-state index contributed by atoms with van der Waals surface area (Å²) in [6.07, 6.45) is 0. The minimum Gasteiger partial charge on any atom is -0.465 e. The second-order valence-corrected chi connectivity index (χ2v) is 7.43. The number of benzene rings is 3. The van der Waals surface area contributed by atoms with Crippen molar-refractivity contribution in [3.63, 3.8) is 0 Å². The molecule has 1 N–H and O–H groups in total. The lowest BCUT2D eigenvalue weighted by Crippen LogP contribution is -2.15. The Balaban J connectivity index is 1.80. The van der Waals surface area contributed by atoms with Crippen molar-refractivity contribution in [1.82, 2.24) is 4.98 Å². The van der Waals surface area contributed by atoms with E-state index in [1.807, 2.05) is 49.4 Å². The van der Waals surface area contributed by atoms with Gasteiger partial charge in [0.2, 0.25) is 0 Å². The molecular formula is C25H19ClN2O3. The molecule has 31 heavy (non-hydrogen) atoms. The molecule has 0 aliphatic rings. The molecule has 1 amide bonds. The highest BCUT2D eigenvalue weighted by atomic mass is 35.5. The van der Waals surface area contributed by atoms with Crippen LogP contribution in [-0.2, 0) is 4.74 Å². The zero-order valence-corrected chi connectivity index (χ0v) is 17.7. The van der Waals surface area contributed by atoms with Crippen molar-refractivity contribution in [1.29, 1.82) is 0 Å². The number of halogens is 1. The smallest absolute Gasteiger partial charge is 0.337 e. The Morgan fingerprint density at radius 2 is 1.71 bits per heavy atom. The molecule has 0 atom stereocenters. The van der Waals surface area contributed by atoms with Crippen molar-refractivity contribution in [2.45, 2.75) is 6.92 Å². The maximum absolute atomic E-state index is 13.3. The fraction of sp³-hybridized carbons (Fsp3) is 0.0800. The van der Waals surface area contributed by atoms with Gasteiger partial charge in [-0.2, -0.15) is 0 Å². The van der Waals surface area contributed by atoms with Crippen LogP contribution in [0.5, 0.6) is 0 Å². The minimum atomic E-state index is -0.467. The molecule has 0 saturated heterocycles. The fourth-order valence-corrected chi connectivity index (χ4v) is 3.59. The summed E-state index contributed by atoms with van der Waals surface area (Å²) in [4.78, 5) is 29.9. The molecule has 0 fully saturated rings. The Labute approximate surface area is 184 Å². The monoisotopic (exact) mass is 430 g/mol. The molecule has 1 heterocycles. The lowest BCUT2D eigenvalue weighted by Gasteiger charge is -2.13. The van der Waals surface area contributed by atoms with Gasteiger partial charge >= 0.3 is 5.97 Å². The van der Waals surface area contributed by atoms with E-state index in [1.54, 1.807) is 30.3 Å². The van der Waals surface area contributed by atoms with E-state index < -0.39 is 5.97 Å². The van der Waals surface area contributed by atoms with Gasteiger partial charge in [0.15, 0.2) is 0 Å². The van der Waals surface area contributed by atoms with Crippen LogP contribution < -0.4 is 5.32 Å². The van der Waals surface area contributed by atoms with Crippen molar-refractivity contribution in [3.8, 4) is 11.3 Å². The van der Waals surface area contributed by atoms with Crippen molar-refractivity contribution >= 4 is 40.1 Å². The van der Waals surface area contributed by atoms with Crippen LogP contribution in [-0.4, -0.2) is 24.0 Å². The van der Waals surface area contributed by atoms with E-state index in [2.05, 4.69) is 5.32 Å². The number of nitrogens with one attached hydrogen (secondary N) is 1. The first kappa shape index (κ1) is 20.6. The number of nitrogens with zero attached hydrogens (tertiary/aromatic N) is 1. The van der Waals surface area contributed by atoms with Gasteiger partial charge in [0, 0.05) is 21.7 Å². The number of aryl methyl sites for hydroxylation is 1. The van der Waals surface area contributed by atoms with E-state index in [9.17, 15) is 9.59 Å². The van der Waals surface area contributed by atoms with Crippen molar-refractivity contribution in [3.05, 3.63) is 94.5 Å². The molecule has 5 nitrogen and oxygen atoms in total. The third-order valence-electron chi connectivity index (χ3n) is 5.02. The molecule has 0 saturated carbocycles. The SMILES string of the molecule is COC(=O)c1ccc(C)c(NC(=O)c2cc(-c3ccccc3Cl)nc3ccccc23)c1. The molecule has 0 unspecified atom stereocenters. The highest BCUT2D eigenvalue weighted by Gasteiger charge is 2.17. The maximum atomic E-state index is 13.3. The first-order valence-corrected chi connectivity index (χ1v) is 10.0. The van der Waals surface area contributed by atoms with Crippen LogP contribution in [0.3, 0.4) is 0 Å². The van der Waals surface area contributed by atoms with Crippen molar-refractivity contribution < 1.29 is 14.3 Å². The Bertz CT molecular complexity index is 1320. The Morgan fingerprint density at radius 3 is 2.48 bits per heavy atom. The molecule has 1 aromatic heterocycles. The number of methoxy groups -OCH3 is 1. The molecule has 3 aromatic carbocycles. The number of aromatic nitrogens is 1. The molecule has 0 spiro atoms. The lowest BCUT2D eigenvalue weighted by molar-refractivity contribution is 0.0600. The number of esters is 1. The summed E-state index contributed by atoms with van der Waals surface area (Å²) in [5, 5.41) is 4.20. The fourth-order valence-electron chi connectivity index (χ4n) is 3.36. The highest BCUT2D eigenvalue weighted by Crippen LogP contribution is 2.30. The number of para-hydroxylation sites is 1. The van der Waals surface area contributed by atoms with E-state index in [0.717, 1.165) is 16.5 Å². The number of ether oxygens (including phenoxy) is 1. The van der Waals surface area contributed by atoms with E-state index >= 15 is 0 Å². The second kappa shape index (κ2) is 8.58. The maximum Gasteiger partial charge on any atom is 0.337 e. The van der Waals surface area contributed by atoms with E-state index in [1.165, 1.54) is 7.11 Å². The summed E-state index contributed by atoms with van der Waals surface area (Å²) in [5.41, 5.74) is 4.22. The molecule has 4 rings (SSSR count). The van der Waals surface area contributed by atoms with Gasteiger partial charge in [-0.15, -0.1) is 0 Å². The van der Waals surface area contributed by atoms with Gasteiger partial charge in [0.05, 0.1) is 29.4 Å². The minimum absolute atomic E-state index is 0.308. The zero-order valence-electron chi connectivity index (χ0n) is 17.0. The number of amides is 1. The molecular weight excluding hydrogens is 412 g/mol. The Morgan fingerprint density at radius 1 is 0.968 bits per heavy atom. The Hall–Kier alpha value is -3.70. The Kier molecular flexibility index (Phi) is 5.69. The standard InChI is InChI=1S/C25H19ClN2O3/c1-15-11-12-16(25(30)31-2)13-22(15)28-24(29)19-14-23(18-8-3-5-9-20(18)26)27-21-10-6-4-7-17(19)21/h3-14H,1-2H3,(H,28,29). The first-order chi connectivity index (χ1) is 15.0. The van der Waals surface area contributed by atoms with Crippen LogP contribution in [0.1, 0.15) is 26.3 Å². The van der Waals surface area contributed by atoms with E-state index in [-0.39, 0.29) is 5.91 Å². The second-order valence-electron chi connectivity index (χ2n) is 7.03. The quantitative estimate of drug-likeness (QED) is 0.409. The van der Waals surface area contributed by atoms with Crippen molar-refractivity contribution in [2.24, 2.45) is 0 Å². The van der Waals surface area contributed by atoms with Crippen LogP contribution >= 0.6 is 11.6 Å². The number of anilines is 1. The number of carbonyl (C=O) groups is 2. The molecule has 4 aromatic rings. The number of carbonyl (C=O) groups excluding carboxylic acids is 2. The average molecular weight is 431 g/mol. The van der Waals surface area contributed by atoms with Crippen LogP contribution in [0.25, 0.3) is 22.2 Å². The third kappa shape index (κ3) is 4.13. The molecule has 0 aliphatic carbocycles. The lowest BCUT2D eigenvalue weighted by atomic mass is 10.0. The van der Waals surface area contributed by atoms with E-state index in [4.69, 9.17) is 21.3 Å². The number of hydrogen-bond acceptors (Lipinski definition) is 4. The molecule has 0 aliphatic heterocycles. The summed E-state index contributed by atoms with van der Waals surface area (Å²) in [5.74, 6) is -0.775. The topological polar surface area (TPSA) is 68.3 Å². The van der Waals surface area contributed by atoms with Gasteiger partial charge in [0.1, 0.15) is 0 Å². The predicted octanol–water partition coefficient (Wildman–Crippen LogP) is 5.90. The van der Waals surface area contributed by atoms with Gasteiger partial charge in [0.25, 0.3) is 5.91 Å². The average Bonchev–Trinajstić information content (AvgIpc) is 2.79. The van der Waals surface area contributed by atoms with Gasteiger partial charge in [-0.3, -0.25) is 4.79 Å². The predicted molar refractivity (Wildman–Crippen MR) is 123 cm³/mol. The van der Waals surface area contributed by atoms with Crippen molar-refractivity contribution in [2.75, 3.05) is 12.4 Å². The van der Waals surface area contributed by atoms with Gasteiger partial charge in [-0.1, -0.05) is 54.1 Å². The summed E-state index contributed by atoms with van der Waals surface area (Å²) >= 11 is 6.37. The molecule has 0 bridgehead atoms. The molecule has 154 valence electrons. The van der Waals surface area contributed by atoms with Crippen LogP contribution in [0, 0.1) is 6.92 Å². The van der Waals surface area contributed by atoms with Gasteiger partial charge < -0.3 is 10.1 Å². The summed E-state index contributed by atoms with van der Waals surface area (Å²) < 4.78 is 4.78. The van der Waals surface area contributed by atoms with Crippen LogP contribution in [0.2, 0.25) is 5.02 Å². The van der Waals surface area contributed by atoms with Crippen LogP contribution in [0.15, 0.2) is 72.8 Å². The number of fused-ring (bicyclic) bond motifs is 1. The number of hydrogen-bond donors (Lipinski definition) is 1. The third-order valence-corrected chi connectivity index (χ3v) is 5.35. The van der Waals surface area contributed by atoms with Gasteiger partial charge in [-0.05, 0) is 42.8 Å². The number of rotatable bonds is 4. The normalized spacial score (nSPS) is 10.7. The summed E-state index contributed by atoms with van der Waals surface area (Å²) in [6, 6.07) is 21.6. The zero-order chi connectivity index (χ0) is 22.0. The van der Waals surface area contributed by atoms with Gasteiger partial charge in [-0.25, -0.2) is 9.78 Å². The van der Waals surface area contributed by atoms with E-state index in [0.29, 0.717) is 33.0 Å². The van der Waals surface area contributed by atoms with Crippen LogP contribution in [0.4, 0.5) is 5.69 Å². The highest BCUT2D eigenvalue weighted by molar-refractivity contribution is 6.33. The summed E-state index contributed by atoms with van der Waals surface area (Å²) in [7, 11) is 1.32. The molecule has 0 radical (unpaired) electrons. The summed E-state index contributed by atoms with van der Waals surface area (Å²) in [6.45, 7) is 1.86. The largest absolute Gasteiger partial charge is 0.465 e. The number of pyridine rings is 1.